The van der Waals surface area contributed by atoms with Gasteiger partial charge in [0.05, 0.1) is 11.4 Å². The summed E-state index contributed by atoms with van der Waals surface area (Å²) in [5, 5.41) is 2.92. The third-order valence-corrected chi connectivity index (χ3v) is 5.47. The smallest absolute Gasteiger partial charge is 0.291 e. The fraction of sp³-hybridized carbons (Fsp3) is 0.211. The molecule has 1 amide bonds. The maximum Gasteiger partial charge on any atom is 0.291 e. The van der Waals surface area contributed by atoms with Gasteiger partial charge in [-0.3, -0.25) is 4.79 Å². The van der Waals surface area contributed by atoms with Crippen molar-refractivity contribution in [2.75, 3.05) is 5.32 Å². The van der Waals surface area contributed by atoms with Gasteiger partial charge in [0.15, 0.2) is 5.76 Å². The molecular weight excluding hydrogens is 402 g/mol. The fourth-order valence-corrected chi connectivity index (χ4v) is 4.06. The molecule has 0 bridgehead atoms. The van der Waals surface area contributed by atoms with E-state index in [4.69, 9.17) is 16.0 Å². The minimum Gasteiger partial charge on any atom is -0.438 e. The molecule has 0 unspecified atom stereocenters. The van der Waals surface area contributed by atoms with Crippen molar-refractivity contribution in [3.63, 3.8) is 0 Å². The van der Waals surface area contributed by atoms with Crippen LogP contribution in [0, 0.1) is 0 Å². The molecule has 3 aromatic rings. The number of anilines is 1. The Morgan fingerprint density at radius 1 is 1.11 bits per heavy atom. The molecule has 7 nitrogen and oxygen atoms in total. The highest BCUT2D eigenvalue weighted by atomic mass is 35.5. The first-order valence-electron chi connectivity index (χ1n) is 8.43. The molecule has 9 heteroatoms. The molecule has 0 saturated heterocycles. The Labute approximate surface area is 168 Å². The number of sulfonamides is 1. The molecule has 2 heterocycles. The molecule has 0 saturated carbocycles. The number of rotatable bonds is 5. The van der Waals surface area contributed by atoms with E-state index >= 15 is 0 Å². The van der Waals surface area contributed by atoms with E-state index in [1.54, 1.807) is 43.5 Å². The number of nitrogens with one attached hydrogen (secondary N) is 2. The molecule has 28 heavy (non-hydrogen) atoms. The Bertz CT molecular complexity index is 1100. The number of hydrogen-bond donors (Lipinski definition) is 2. The van der Waals surface area contributed by atoms with E-state index in [1.165, 1.54) is 12.1 Å². The van der Waals surface area contributed by atoms with E-state index in [2.05, 4.69) is 10.0 Å². The van der Waals surface area contributed by atoms with E-state index in [-0.39, 0.29) is 10.9 Å². The van der Waals surface area contributed by atoms with Crippen LogP contribution in [0.3, 0.4) is 0 Å². The lowest BCUT2D eigenvalue weighted by molar-refractivity contribution is 0.0991. The summed E-state index contributed by atoms with van der Waals surface area (Å²) in [5.41, 5.74) is 0.488. The number of aromatic nitrogens is 1. The Morgan fingerprint density at radius 3 is 2.43 bits per heavy atom. The summed E-state index contributed by atoms with van der Waals surface area (Å²) in [6.45, 7) is 5.14. The Balaban J connectivity index is 1.85. The summed E-state index contributed by atoms with van der Waals surface area (Å²) in [5.74, 6) is -0.698. The monoisotopic (exact) mass is 421 g/mol. The zero-order valence-electron chi connectivity index (χ0n) is 15.6. The Kier molecular flexibility index (Phi) is 5.38. The van der Waals surface area contributed by atoms with Crippen molar-refractivity contribution >= 4 is 33.2 Å². The van der Waals surface area contributed by atoms with Crippen LogP contribution < -0.4 is 10.0 Å². The topological polar surface area (TPSA) is 93.3 Å². The number of furan rings is 1. The molecule has 0 radical (unpaired) electrons. The highest BCUT2D eigenvalue weighted by molar-refractivity contribution is 7.89. The lowest BCUT2D eigenvalue weighted by atomic mass is 10.1. The normalized spacial score (nSPS) is 12.1. The highest BCUT2D eigenvalue weighted by Gasteiger charge is 2.26. The molecule has 0 spiro atoms. The summed E-state index contributed by atoms with van der Waals surface area (Å²) < 4.78 is 34.2. The van der Waals surface area contributed by atoms with Crippen molar-refractivity contribution in [2.45, 2.75) is 31.4 Å². The number of halogens is 1. The van der Waals surface area contributed by atoms with E-state index in [0.29, 0.717) is 16.4 Å². The van der Waals surface area contributed by atoms with Crippen molar-refractivity contribution in [3.8, 4) is 5.69 Å². The standard InChI is InChI=1S/C19H20ClN3O4S/c1-19(2,3)22-28(25,26)17-9-8-16(27-17)18(24)21-14-7-6-13(20)12-15(14)23-10-4-5-11-23/h4-12,22H,1-3H3,(H,21,24). The van der Waals surface area contributed by atoms with Crippen LogP contribution in [0.2, 0.25) is 5.02 Å². The van der Waals surface area contributed by atoms with Crippen molar-refractivity contribution in [1.82, 2.24) is 9.29 Å². The summed E-state index contributed by atoms with van der Waals surface area (Å²) in [7, 11) is -3.87. The summed E-state index contributed by atoms with van der Waals surface area (Å²) in [4.78, 5) is 12.6. The molecule has 0 aliphatic rings. The molecule has 0 aliphatic heterocycles. The van der Waals surface area contributed by atoms with Crippen molar-refractivity contribution in [2.24, 2.45) is 0 Å². The van der Waals surface area contributed by atoms with Crippen LogP contribution in [-0.4, -0.2) is 24.4 Å². The van der Waals surface area contributed by atoms with Crippen LogP contribution in [0.1, 0.15) is 31.3 Å². The predicted octanol–water partition coefficient (Wildman–Crippen LogP) is 4.05. The number of carbonyl (C=O) groups is 1. The van der Waals surface area contributed by atoms with Crippen LogP contribution in [0.15, 0.2) is 64.4 Å². The molecule has 148 valence electrons. The van der Waals surface area contributed by atoms with Gasteiger partial charge in [-0.15, -0.1) is 0 Å². The first-order valence-corrected chi connectivity index (χ1v) is 10.3. The Morgan fingerprint density at radius 2 is 1.79 bits per heavy atom. The van der Waals surface area contributed by atoms with Crippen molar-refractivity contribution in [1.29, 1.82) is 0 Å². The summed E-state index contributed by atoms with van der Waals surface area (Å²) >= 11 is 6.08. The minimum atomic E-state index is -3.87. The zero-order valence-corrected chi connectivity index (χ0v) is 17.1. The molecule has 0 fully saturated rings. The molecule has 0 atom stereocenters. The van der Waals surface area contributed by atoms with Gasteiger partial charge < -0.3 is 14.3 Å². The summed E-state index contributed by atoms with van der Waals surface area (Å²) in [6, 6.07) is 11.3. The highest BCUT2D eigenvalue weighted by Crippen LogP contribution is 2.26. The van der Waals surface area contributed by atoms with Gasteiger partial charge in [0, 0.05) is 23.0 Å². The van der Waals surface area contributed by atoms with E-state index in [9.17, 15) is 13.2 Å². The van der Waals surface area contributed by atoms with Crippen LogP contribution >= 0.6 is 11.6 Å². The Hall–Kier alpha value is -2.55. The fourth-order valence-electron chi connectivity index (χ4n) is 2.54. The predicted molar refractivity (Wildman–Crippen MR) is 108 cm³/mol. The lowest BCUT2D eigenvalue weighted by Crippen LogP contribution is -2.40. The molecule has 2 aromatic heterocycles. The minimum absolute atomic E-state index is 0.123. The maximum absolute atomic E-state index is 12.6. The van der Waals surface area contributed by atoms with E-state index in [0.717, 1.165) is 0 Å². The second kappa shape index (κ2) is 7.46. The van der Waals surface area contributed by atoms with Crippen molar-refractivity contribution in [3.05, 3.63) is 65.6 Å². The largest absolute Gasteiger partial charge is 0.438 e. The van der Waals surface area contributed by atoms with E-state index < -0.39 is 21.5 Å². The van der Waals surface area contributed by atoms with Gasteiger partial charge >= 0.3 is 0 Å². The van der Waals surface area contributed by atoms with Crippen LogP contribution in [0.25, 0.3) is 5.69 Å². The number of carbonyl (C=O) groups excluding carboxylic acids is 1. The zero-order chi connectivity index (χ0) is 20.5. The third kappa shape index (κ3) is 4.64. The second-order valence-corrected chi connectivity index (χ2v) is 9.23. The molecule has 1 aromatic carbocycles. The molecule has 2 N–H and O–H groups in total. The number of nitrogens with zero attached hydrogens (tertiary/aromatic N) is 1. The lowest BCUT2D eigenvalue weighted by Gasteiger charge is -2.19. The van der Waals surface area contributed by atoms with Crippen molar-refractivity contribution < 1.29 is 17.6 Å². The average Bonchev–Trinajstić information content (AvgIpc) is 3.26. The van der Waals surface area contributed by atoms with Gasteiger partial charge in [0.25, 0.3) is 15.9 Å². The molecule has 3 rings (SSSR count). The quantitative estimate of drug-likeness (QED) is 0.649. The first-order chi connectivity index (χ1) is 13.0. The van der Waals surface area contributed by atoms with E-state index in [1.807, 2.05) is 24.5 Å². The van der Waals surface area contributed by atoms with Gasteiger partial charge in [-0.05, 0) is 63.2 Å². The summed E-state index contributed by atoms with van der Waals surface area (Å²) in [6.07, 6.45) is 3.63. The number of hydrogen-bond acceptors (Lipinski definition) is 4. The second-order valence-electron chi connectivity index (χ2n) is 7.18. The van der Waals surface area contributed by atoms with Gasteiger partial charge in [0.1, 0.15) is 0 Å². The average molecular weight is 422 g/mol. The molecule has 0 aliphatic carbocycles. The number of amides is 1. The van der Waals surface area contributed by atoms with Crippen LogP contribution in [-0.2, 0) is 10.0 Å². The van der Waals surface area contributed by atoms with Gasteiger partial charge in [-0.25, -0.2) is 13.1 Å². The van der Waals surface area contributed by atoms with Gasteiger partial charge in [0.2, 0.25) is 5.09 Å². The third-order valence-electron chi connectivity index (χ3n) is 3.60. The van der Waals surface area contributed by atoms with Crippen LogP contribution in [0.4, 0.5) is 5.69 Å². The maximum atomic E-state index is 12.6. The first kappa shape index (κ1) is 20.2. The number of benzene rings is 1. The van der Waals surface area contributed by atoms with Gasteiger partial charge in [-0.2, -0.15) is 0 Å². The van der Waals surface area contributed by atoms with Gasteiger partial charge in [-0.1, -0.05) is 11.6 Å². The SMILES string of the molecule is CC(C)(C)NS(=O)(=O)c1ccc(C(=O)Nc2ccc(Cl)cc2-n2cccc2)o1. The molecular formula is C19H20ClN3O4S. The van der Waals surface area contributed by atoms with Crippen LogP contribution in [0.5, 0.6) is 0 Å².